The van der Waals surface area contributed by atoms with Gasteiger partial charge in [-0.2, -0.15) is 0 Å². The maximum Gasteiger partial charge on any atom is 0.180 e. The molecule has 0 spiro atoms. The van der Waals surface area contributed by atoms with Crippen LogP contribution in [0.25, 0.3) is 0 Å². The summed E-state index contributed by atoms with van der Waals surface area (Å²) in [4.78, 5) is 0. The van der Waals surface area contributed by atoms with Gasteiger partial charge in [-0.1, -0.05) is 83.3 Å². The van der Waals surface area contributed by atoms with Crippen molar-refractivity contribution < 1.29 is 20.1 Å². The molecule has 5 N–H and O–H groups in total. The Morgan fingerprint density at radius 1 is 0.846 bits per heavy atom. The molecule has 0 unspecified atom stereocenters. The van der Waals surface area contributed by atoms with Crippen LogP contribution in [0.1, 0.15) is 90.9 Å². The molecular formula is C21H43NO4. The lowest BCUT2D eigenvalue weighted by molar-refractivity contribution is -0.161. The number of hydrogen-bond acceptors (Lipinski definition) is 5. The molecule has 26 heavy (non-hydrogen) atoms. The number of nitrogens with two attached hydrogens (primary N) is 1. The summed E-state index contributed by atoms with van der Waals surface area (Å²) in [6, 6.07) is -0.614. The average molecular weight is 374 g/mol. The van der Waals surface area contributed by atoms with Crippen LogP contribution in [0.4, 0.5) is 0 Å². The molecule has 0 bridgehead atoms. The highest BCUT2D eigenvalue weighted by Gasteiger charge is 2.16. The van der Waals surface area contributed by atoms with E-state index in [0.717, 1.165) is 12.8 Å². The molecule has 0 aromatic rings. The zero-order valence-corrected chi connectivity index (χ0v) is 17.0. The van der Waals surface area contributed by atoms with E-state index in [1.807, 2.05) is 6.08 Å². The van der Waals surface area contributed by atoms with Gasteiger partial charge in [0.2, 0.25) is 0 Å². The zero-order chi connectivity index (χ0) is 19.6. The van der Waals surface area contributed by atoms with Gasteiger partial charge < -0.3 is 25.8 Å². The summed E-state index contributed by atoms with van der Waals surface area (Å²) in [6.45, 7) is 3.68. The fourth-order valence-corrected chi connectivity index (χ4v) is 2.75. The molecule has 0 aliphatic heterocycles. The maximum atomic E-state index is 9.91. The normalized spacial score (nSPS) is 16.7. The van der Waals surface area contributed by atoms with Gasteiger partial charge in [0.15, 0.2) is 6.29 Å². The van der Waals surface area contributed by atoms with E-state index in [2.05, 4.69) is 6.92 Å². The van der Waals surface area contributed by atoms with Crippen LogP contribution in [0.2, 0.25) is 0 Å². The largest absolute Gasteiger partial charge is 0.388 e. The summed E-state index contributed by atoms with van der Waals surface area (Å²) in [5, 5.41) is 28.4. The zero-order valence-electron chi connectivity index (χ0n) is 17.0. The Morgan fingerprint density at radius 2 is 1.35 bits per heavy atom. The number of aliphatic hydroxyl groups is 3. The van der Waals surface area contributed by atoms with Crippen molar-refractivity contribution in [2.45, 2.75) is 115 Å². The predicted octanol–water partition coefficient (Wildman–Crippen LogP) is 3.65. The molecule has 0 saturated carbocycles. The minimum absolute atomic E-state index is 0.00395. The van der Waals surface area contributed by atoms with Crippen LogP contribution in [-0.2, 0) is 4.74 Å². The Bertz CT molecular complexity index is 323. The van der Waals surface area contributed by atoms with Gasteiger partial charge in [0.1, 0.15) is 6.10 Å². The van der Waals surface area contributed by atoms with Gasteiger partial charge in [-0.15, -0.1) is 0 Å². The van der Waals surface area contributed by atoms with Crippen LogP contribution >= 0.6 is 0 Å². The fourth-order valence-electron chi connectivity index (χ4n) is 2.75. The van der Waals surface area contributed by atoms with Crippen molar-refractivity contribution in [2.24, 2.45) is 5.73 Å². The molecule has 0 amide bonds. The Morgan fingerprint density at radius 3 is 1.85 bits per heavy atom. The molecule has 4 atom stereocenters. The topological polar surface area (TPSA) is 95.9 Å². The molecule has 0 rings (SSSR count). The van der Waals surface area contributed by atoms with E-state index in [-0.39, 0.29) is 6.61 Å². The molecule has 0 saturated heterocycles. The van der Waals surface area contributed by atoms with Crippen LogP contribution in [0.5, 0.6) is 0 Å². The molecule has 5 nitrogen and oxygen atoms in total. The molecule has 0 heterocycles. The second-order valence-electron chi connectivity index (χ2n) is 7.37. The molecule has 0 radical (unpaired) electrons. The van der Waals surface area contributed by atoms with E-state index in [1.54, 1.807) is 6.08 Å². The SMILES string of the molecule is CCCCCCCCCCCCC/C=C/[C@@H](O)[C@@H](N)CO[C@H](O)[C@@H](C)O. The van der Waals surface area contributed by atoms with Crippen molar-refractivity contribution in [3.8, 4) is 0 Å². The standard InChI is InChI=1S/C21H43NO4/c1-3-4-5-6-7-8-9-10-11-12-13-14-15-16-20(24)19(22)17-26-21(25)18(2)23/h15-16,18-21,23-25H,3-14,17,22H2,1-2H3/b16-15+/t18-,19+,20-,21+/m1/s1. The highest BCUT2D eigenvalue weighted by molar-refractivity contribution is 4.93. The average Bonchev–Trinajstić information content (AvgIpc) is 2.62. The first-order valence-corrected chi connectivity index (χ1v) is 10.6. The lowest BCUT2D eigenvalue weighted by Crippen LogP contribution is -2.40. The van der Waals surface area contributed by atoms with E-state index in [9.17, 15) is 10.2 Å². The summed E-state index contributed by atoms with van der Waals surface area (Å²) in [5.41, 5.74) is 5.79. The Balaban J connectivity index is 3.48. The minimum atomic E-state index is -1.27. The molecular weight excluding hydrogens is 330 g/mol. The molecule has 0 aromatic heterocycles. The second-order valence-corrected chi connectivity index (χ2v) is 7.37. The first-order chi connectivity index (χ1) is 12.5. The van der Waals surface area contributed by atoms with Crippen molar-refractivity contribution in [2.75, 3.05) is 6.61 Å². The van der Waals surface area contributed by atoms with Gasteiger partial charge in [0.05, 0.1) is 18.8 Å². The number of hydrogen-bond donors (Lipinski definition) is 4. The predicted molar refractivity (Wildman–Crippen MR) is 108 cm³/mol. The van der Waals surface area contributed by atoms with Crippen LogP contribution in [0.15, 0.2) is 12.2 Å². The number of allylic oxidation sites excluding steroid dienone is 1. The van der Waals surface area contributed by atoms with Crippen molar-refractivity contribution in [1.29, 1.82) is 0 Å². The third-order valence-electron chi connectivity index (χ3n) is 4.62. The molecule has 5 heteroatoms. The number of ether oxygens (including phenoxy) is 1. The lowest BCUT2D eigenvalue weighted by atomic mass is 10.0. The van der Waals surface area contributed by atoms with Gasteiger partial charge in [-0.3, -0.25) is 0 Å². The molecule has 156 valence electrons. The van der Waals surface area contributed by atoms with E-state index in [0.29, 0.717) is 0 Å². The van der Waals surface area contributed by atoms with E-state index >= 15 is 0 Å². The first kappa shape index (κ1) is 25.5. The Labute approximate surface area is 160 Å². The van der Waals surface area contributed by atoms with E-state index in [4.69, 9.17) is 15.6 Å². The Kier molecular flexibility index (Phi) is 17.6. The minimum Gasteiger partial charge on any atom is -0.388 e. The number of aliphatic hydroxyl groups excluding tert-OH is 3. The van der Waals surface area contributed by atoms with Crippen molar-refractivity contribution in [3.05, 3.63) is 12.2 Å². The van der Waals surface area contributed by atoms with Gasteiger partial charge in [0, 0.05) is 0 Å². The van der Waals surface area contributed by atoms with Crippen molar-refractivity contribution in [3.63, 3.8) is 0 Å². The van der Waals surface area contributed by atoms with Gasteiger partial charge in [-0.05, 0) is 19.8 Å². The van der Waals surface area contributed by atoms with Crippen LogP contribution in [0, 0.1) is 0 Å². The third kappa shape index (κ3) is 15.8. The van der Waals surface area contributed by atoms with E-state index < -0.39 is 24.5 Å². The van der Waals surface area contributed by atoms with Gasteiger partial charge in [-0.25, -0.2) is 0 Å². The summed E-state index contributed by atoms with van der Waals surface area (Å²) < 4.78 is 4.99. The number of unbranched alkanes of at least 4 members (excludes halogenated alkanes) is 11. The summed E-state index contributed by atoms with van der Waals surface area (Å²) in [6.07, 6.45) is 16.1. The first-order valence-electron chi connectivity index (χ1n) is 10.6. The molecule has 0 aliphatic carbocycles. The van der Waals surface area contributed by atoms with Crippen LogP contribution < -0.4 is 5.73 Å². The molecule has 0 fully saturated rings. The van der Waals surface area contributed by atoms with Crippen LogP contribution in [-0.4, -0.2) is 46.5 Å². The summed E-state index contributed by atoms with van der Waals surface area (Å²) >= 11 is 0. The summed E-state index contributed by atoms with van der Waals surface area (Å²) in [5.74, 6) is 0. The molecule has 0 aromatic carbocycles. The van der Waals surface area contributed by atoms with Gasteiger partial charge >= 0.3 is 0 Å². The lowest BCUT2D eigenvalue weighted by Gasteiger charge is -2.20. The maximum absolute atomic E-state index is 9.91. The second kappa shape index (κ2) is 17.9. The van der Waals surface area contributed by atoms with E-state index in [1.165, 1.54) is 71.1 Å². The molecule has 0 aliphatic rings. The van der Waals surface area contributed by atoms with Crippen LogP contribution in [0.3, 0.4) is 0 Å². The Hall–Kier alpha value is -0.460. The highest BCUT2D eigenvalue weighted by Crippen LogP contribution is 2.12. The van der Waals surface area contributed by atoms with Crippen molar-refractivity contribution >= 4 is 0 Å². The smallest absolute Gasteiger partial charge is 0.180 e. The third-order valence-corrected chi connectivity index (χ3v) is 4.62. The summed E-state index contributed by atoms with van der Waals surface area (Å²) in [7, 11) is 0. The fraction of sp³-hybridized carbons (Fsp3) is 0.905. The van der Waals surface area contributed by atoms with Gasteiger partial charge in [0.25, 0.3) is 0 Å². The number of rotatable bonds is 18. The van der Waals surface area contributed by atoms with Crippen molar-refractivity contribution in [1.82, 2.24) is 0 Å². The highest BCUT2D eigenvalue weighted by atomic mass is 16.6. The quantitative estimate of drug-likeness (QED) is 0.167. The monoisotopic (exact) mass is 373 g/mol.